The molecule has 106 valence electrons. The lowest BCUT2D eigenvalue weighted by molar-refractivity contribution is -0.385. The van der Waals surface area contributed by atoms with Crippen LogP contribution in [0.5, 0.6) is 0 Å². The highest BCUT2D eigenvalue weighted by atomic mass is 19.4. The summed E-state index contributed by atoms with van der Waals surface area (Å²) in [5.41, 5.74) is -1.05. The van der Waals surface area contributed by atoms with Crippen LogP contribution in [0.4, 0.5) is 18.9 Å². The van der Waals surface area contributed by atoms with Gasteiger partial charge >= 0.3 is 6.18 Å². The molecule has 0 aliphatic heterocycles. The SMILES string of the molecule is O=[N+]([O-])c1ccc(-n2cc(C(F)(F)F)cn2)cc1CO. The zero-order valence-corrected chi connectivity index (χ0v) is 9.83. The third-order valence-electron chi connectivity index (χ3n) is 2.60. The van der Waals surface area contributed by atoms with Gasteiger partial charge in [0.15, 0.2) is 0 Å². The van der Waals surface area contributed by atoms with Gasteiger partial charge < -0.3 is 5.11 Å². The number of benzene rings is 1. The van der Waals surface area contributed by atoms with Crippen molar-refractivity contribution in [1.29, 1.82) is 0 Å². The average Bonchev–Trinajstić information content (AvgIpc) is 2.87. The van der Waals surface area contributed by atoms with Crippen LogP contribution in [0.2, 0.25) is 0 Å². The lowest BCUT2D eigenvalue weighted by Crippen LogP contribution is -2.03. The van der Waals surface area contributed by atoms with Gasteiger partial charge in [-0.05, 0) is 12.1 Å². The van der Waals surface area contributed by atoms with Crippen LogP contribution < -0.4 is 0 Å². The van der Waals surface area contributed by atoms with Crippen molar-refractivity contribution in [3.63, 3.8) is 0 Å². The van der Waals surface area contributed by atoms with E-state index in [2.05, 4.69) is 5.10 Å². The molecule has 1 N–H and O–H groups in total. The summed E-state index contributed by atoms with van der Waals surface area (Å²) in [4.78, 5) is 10.0. The molecule has 1 heterocycles. The van der Waals surface area contributed by atoms with Crippen LogP contribution in [0.25, 0.3) is 5.69 Å². The monoisotopic (exact) mass is 287 g/mol. The van der Waals surface area contributed by atoms with Crippen LogP contribution in [-0.2, 0) is 12.8 Å². The van der Waals surface area contributed by atoms with Crippen molar-refractivity contribution >= 4 is 5.69 Å². The molecule has 20 heavy (non-hydrogen) atoms. The fraction of sp³-hybridized carbons (Fsp3) is 0.182. The van der Waals surface area contributed by atoms with Gasteiger partial charge in [0.05, 0.1) is 34.5 Å². The number of alkyl halides is 3. The first kappa shape index (κ1) is 14.0. The van der Waals surface area contributed by atoms with Crippen LogP contribution in [0.3, 0.4) is 0 Å². The first-order valence-electron chi connectivity index (χ1n) is 5.33. The molecule has 2 aromatic rings. The molecule has 0 aliphatic rings. The largest absolute Gasteiger partial charge is 0.419 e. The summed E-state index contributed by atoms with van der Waals surface area (Å²) in [5.74, 6) is 0. The van der Waals surface area contributed by atoms with Gasteiger partial charge in [0.2, 0.25) is 0 Å². The zero-order valence-electron chi connectivity index (χ0n) is 9.83. The molecular weight excluding hydrogens is 279 g/mol. The summed E-state index contributed by atoms with van der Waals surface area (Å²) in [5, 5.41) is 23.3. The summed E-state index contributed by atoms with van der Waals surface area (Å²) in [6.45, 7) is -0.600. The summed E-state index contributed by atoms with van der Waals surface area (Å²) < 4.78 is 38.3. The summed E-state index contributed by atoms with van der Waals surface area (Å²) in [6, 6.07) is 3.57. The molecule has 6 nitrogen and oxygen atoms in total. The highest BCUT2D eigenvalue weighted by Crippen LogP contribution is 2.29. The Balaban J connectivity index is 2.43. The summed E-state index contributed by atoms with van der Waals surface area (Å²) in [7, 11) is 0. The minimum absolute atomic E-state index is 0.00319. The molecule has 0 aliphatic carbocycles. The molecule has 0 bridgehead atoms. The standard InChI is InChI=1S/C11H8F3N3O3/c12-11(13,14)8-4-15-16(5-8)9-1-2-10(17(19)20)7(3-9)6-18/h1-5,18H,6H2. The summed E-state index contributed by atoms with van der Waals surface area (Å²) >= 11 is 0. The van der Waals surface area contributed by atoms with Gasteiger partial charge in [-0.25, -0.2) is 4.68 Å². The number of hydrogen-bond acceptors (Lipinski definition) is 4. The molecule has 0 fully saturated rings. The highest BCUT2D eigenvalue weighted by molar-refractivity contribution is 5.47. The Morgan fingerprint density at radius 3 is 2.60 bits per heavy atom. The van der Waals surface area contributed by atoms with Crippen molar-refractivity contribution in [1.82, 2.24) is 9.78 Å². The number of aromatic nitrogens is 2. The minimum Gasteiger partial charge on any atom is -0.391 e. The van der Waals surface area contributed by atoms with Crippen LogP contribution in [0, 0.1) is 10.1 Å². The first-order valence-corrected chi connectivity index (χ1v) is 5.33. The molecule has 0 amide bonds. The van der Waals surface area contributed by atoms with Crippen molar-refractivity contribution in [2.75, 3.05) is 0 Å². The Labute approximate surface area is 110 Å². The van der Waals surface area contributed by atoms with Crippen molar-refractivity contribution < 1.29 is 23.2 Å². The van der Waals surface area contributed by atoms with Crippen molar-refractivity contribution in [3.8, 4) is 5.69 Å². The summed E-state index contributed by atoms with van der Waals surface area (Å²) in [6.07, 6.45) is -3.10. The van der Waals surface area contributed by atoms with Crippen LogP contribution >= 0.6 is 0 Å². The third-order valence-corrected chi connectivity index (χ3v) is 2.60. The van der Waals surface area contributed by atoms with Gasteiger partial charge in [-0.15, -0.1) is 0 Å². The van der Waals surface area contributed by atoms with Crippen LogP contribution in [-0.4, -0.2) is 19.8 Å². The molecule has 0 radical (unpaired) electrons. The number of aliphatic hydroxyl groups excluding tert-OH is 1. The quantitative estimate of drug-likeness (QED) is 0.693. The molecule has 0 saturated carbocycles. The fourth-order valence-corrected chi connectivity index (χ4v) is 1.63. The zero-order chi connectivity index (χ0) is 14.9. The second-order valence-corrected chi connectivity index (χ2v) is 3.90. The van der Waals surface area contributed by atoms with E-state index >= 15 is 0 Å². The van der Waals surface area contributed by atoms with E-state index in [9.17, 15) is 23.3 Å². The van der Waals surface area contributed by atoms with Gasteiger partial charge in [0, 0.05) is 12.3 Å². The molecule has 0 atom stereocenters. The molecule has 0 unspecified atom stereocenters. The van der Waals surface area contributed by atoms with Gasteiger partial charge in [0.25, 0.3) is 5.69 Å². The maximum Gasteiger partial charge on any atom is 0.419 e. The Morgan fingerprint density at radius 2 is 2.10 bits per heavy atom. The Bertz CT molecular complexity index is 652. The number of aliphatic hydroxyl groups is 1. The fourth-order valence-electron chi connectivity index (χ4n) is 1.63. The maximum absolute atomic E-state index is 12.4. The smallest absolute Gasteiger partial charge is 0.391 e. The Hall–Kier alpha value is -2.42. The number of hydrogen-bond donors (Lipinski definition) is 1. The van der Waals surface area contributed by atoms with E-state index in [1.165, 1.54) is 12.1 Å². The van der Waals surface area contributed by atoms with Gasteiger partial charge in [-0.3, -0.25) is 10.1 Å². The van der Waals surface area contributed by atoms with Crippen LogP contribution in [0.15, 0.2) is 30.6 Å². The van der Waals surface area contributed by atoms with Crippen LogP contribution in [0.1, 0.15) is 11.1 Å². The van der Waals surface area contributed by atoms with Crippen molar-refractivity contribution in [2.45, 2.75) is 12.8 Å². The lowest BCUT2D eigenvalue weighted by Gasteiger charge is -2.05. The predicted octanol–water partition coefficient (Wildman–Crippen LogP) is 2.29. The van der Waals surface area contributed by atoms with Crippen molar-refractivity contribution in [2.24, 2.45) is 0 Å². The Morgan fingerprint density at radius 1 is 1.40 bits per heavy atom. The van der Waals surface area contributed by atoms with Crippen molar-refractivity contribution in [3.05, 3.63) is 51.8 Å². The number of nitro benzene ring substituents is 1. The molecule has 2 rings (SSSR count). The van der Waals surface area contributed by atoms with E-state index in [1.54, 1.807) is 0 Å². The van der Waals surface area contributed by atoms with E-state index in [0.717, 1.165) is 16.9 Å². The van der Waals surface area contributed by atoms with E-state index in [1.807, 2.05) is 0 Å². The van der Waals surface area contributed by atoms with E-state index < -0.39 is 23.3 Å². The molecule has 0 saturated heterocycles. The van der Waals surface area contributed by atoms with Gasteiger partial charge in [0.1, 0.15) is 0 Å². The highest BCUT2D eigenvalue weighted by Gasteiger charge is 2.32. The molecule has 1 aromatic heterocycles. The predicted molar refractivity (Wildman–Crippen MR) is 61.1 cm³/mol. The van der Waals surface area contributed by atoms with E-state index in [4.69, 9.17) is 5.11 Å². The van der Waals surface area contributed by atoms with E-state index in [-0.39, 0.29) is 16.9 Å². The molecule has 0 spiro atoms. The minimum atomic E-state index is -4.52. The van der Waals surface area contributed by atoms with E-state index in [0.29, 0.717) is 6.20 Å². The Kier molecular flexibility index (Phi) is 3.45. The third kappa shape index (κ3) is 2.62. The normalized spacial score (nSPS) is 11.6. The average molecular weight is 287 g/mol. The van der Waals surface area contributed by atoms with Gasteiger partial charge in [-0.2, -0.15) is 18.3 Å². The lowest BCUT2D eigenvalue weighted by atomic mass is 10.1. The topological polar surface area (TPSA) is 81.2 Å². The molecular formula is C11H8F3N3O3. The molecule has 9 heteroatoms. The second-order valence-electron chi connectivity index (χ2n) is 3.90. The number of halogens is 3. The second kappa shape index (κ2) is 4.93. The number of rotatable bonds is 3. The number of nitrogens with zero attached hydrogens (tertiary/aromatic N) is 3. The van der Waals surface area contributed by atoms with Gasteiger partial charge in [-0.1, -0.05) is 0 Å². The number of nitro groups is 1. The maximum atomic E-state index is 12.4. The molecule has 1 aromatic carbocycles. The first-order chi connectivity index (χ1) is 9.32.